The number of nitrogens with one attached hydrogen (secondary N) is 3. The van der Waals surface area contributed by atoms with Crippen LogP contribution in [0.5, 0.6) is 0 Å². The maximum atomic E-state index is 13.7. The minimum atomic E-state index is -0.498. The Morgan fingerprint density at radius 3 is 2.67 bits per heavy atom. The highest BCUT2D eigenvalue weighted by Crippen LogP contribution is 2.26. The van der Waals surface area contributed by atoms with Crippen LogP contribution in [0.1, 0.15) is 10.6 Å². The minimum absolute atomic E-state index is 0.112. The van der Waals surface area contributed by atoms with E-state index in [2.05, 4.69) is 26.1 Å². The Balaban J connectivity index is 1.74. The number of carbonyl (C=O) groups is 1. The van der Waals surface area contributed by atoms with Gasteiger partial charge in [-0.3, -0.25) is 15.6 Å². The number of furan rings is 1. The first-order chi connectivity index (χ1) is 11.6. The number of benzene rings is 1. The molecular weight excluding hydrogens is 315 g/mol. The number of nitrogens with zero attached hydrogens (tertiary/aromatic N) is 2. The van der Waals surface area contributed by atoms with Gasteiger partial charge < -0.3 is 15.5 Å². The molecule has 5 N–H and O–H groups in total. The molecule has 0 radical (unpaired) electrons. The molecule has 0 atom stereocenters. The van der Waals surface area contributed by atoms with E-state index in [4.69, 9.17) is 10.2 Å². The topological polar surface area (TPSA) is 118 Å². The molecule has 0 saturated heterocycles. The van der Waals surface area contributed by atoms with Crippen LogP contribution in [-0.4, -0.2) is 15.9 Å². The first kappa shape index (κ1) is 15.3. The number of hydrogen-bond acceptors (Lipinski definition) is 7. The number of amides is 1. The summed E-state index contributed by atoms with van der Waals surface area (Å²) in [7, 11) is 0. The molecule has 0 aliphatic carbocycles. The van der Waals surface area contributed by atoms with Crippen molar-refractivity contribution in [2.24, 2.45) is 0 Å². The van der Waals surface area contributed by atoms with Crippen molar-refractivity contribution in [2.75, 3.05) is 16.5 Å². The molecule has 0 unspecified atom stereocenters. The van der Waals surface area contributed by atoms with E-state index in [-0.39, 0.29) is 28.8 Å². The third kappa shape index (κ3) is 3.24. The molecule has 8 nitrogen and oxygen atoms in total. The van der Waals surface area contributed by atoms with E-state index in [9.17, 15) is 9.18 Å². The van der Waals surface area contributed by atoms with Gasteiger partial charge in [-0.15, -0.1) is 0 Å². The van der Waals surface area contributed by atoms with E-state index in [1.165, 1.54) is 24.7 Å². The zero-order valence-corrected chi connectivity index (χ0v) is 12.3. The molecular formula is C15H13FN6O2. The molecule has 2 heterocycles. The lowest BCUT2D eigenvalue weighted by atomic mass is 10.3. The van der Waals surface area contributed by atoms with Crippen LogP contribution in [0.2, 0.25) is 0 Å². The summed E-state index contributed by atoms with van der Waals surface area (Å²) in [4.78, 5) is 19.7. The summed E-state index contributed by atoms with van der Waals surface area (Å²) in [5, 5.41) is 2.77. The Morgan fingerprint density at radius 1 is 1.12 bits per heavy atom. The van der Waals surface area contributed by atoms with Gasteiger partial charge in [-0.25, -0.2) is 14.4 Å². The quantitative estimate of drug-likeness (QED) is 0.531. The van der Waals surface area contributed by atoms with Crippen molar-refractivity contribution in [2.45, 2.75) is 0 Å². The molecule has 0 aliphatic heterocycles. The molecule has 1 aromatic carbocycles. The molecule has 0 spiro atoms. The van der Waals surface area contributed by atoms with Gasteiger partial charge in [0.15, 0.2) is 17.4 Å². The van der Waals surface area contributed by atoms with Crippen LogP contribution in [-0.2, 0) is 0 Å². The summed E-state index contributed by atoms with van der Waals surface area (Å²) in [5.74, 6) is -0.466. The molecule has 0 fully saturated rings. The Kier molecular flexibility index (Phi) is 4.23. The van der Waals surface area contributed by atoms with E-state index < -0.39 is 11.7 Å². The smallest absolute Gasteiger partial charge is 0.305 e. The van der Waals surface area contributed by atoms with Gasteiger partial charge in [-0.1, -0.05) is 12.1 Å². The average Bonchev–Trinajstić information content (AvgIpc) is 3.12. The van der Waals surface area contributed by atoms with Crippen molar-refractivity contribution in [3.63, 3.8) is 0 Å². The van der Waals surface area contributed by atoms with Gasteiger partial charge in [-0.2, -0.15) is 0 Å². The van der Waals surface area contributed by atoms with Crippen molar-refractivity contribution >= 4 is 28.9 Å². The number of hydrazine groups is 1. The third-order valence-corrected chi connectivity index (χ3v) is 3.05. The standard InChI is InChI=1S/C15H13FN6O2/c16-9-4-1-2-5-10(9)20-13-12(17)14(19-8-18-13)21-22-15(23)11-6-3-7-24-11/h1-8H,17H2,(H,22,23)(H2,18,19,20,21). The summed E-state index contributed by atoms with van der Waals surface area (Å²) in [5.41, 5.74) is 11.2. The van der Waals surface area contributed by atoms with Gasteiger partial charge in [0, 0.05) is 0 Å². The van der Waals surface area contributed by atoms with Crippen LogP contribution >= 0.6 is 0 Å². The minimum Gasteiger partial charge on any atom is -0.459 e. The van der Waals surface area contributed by atoms with Crippen LogP contribution in [0.3, 0.4) is 0 Å². The molecule has 9 heteroatoms. The highest BCUT2D eigenvalue weighted by Gasteiger charge is 2.12. The van der Waals surface area contributed by atoms with Crippen LogP contribution in [0.4, 0.5) is 27.4 Å². The van der Waals surface area contributed by atoms with E-state index in [1.807, 2.05) is 0 Å². The number of halogens is 1. The molecule has 1 amide bonds. The predicted molar refractivity (Wildman–Crippen MR) is 85.9 cm³/mol. The van der Waals surface area contributed by atoms with E-state index in [1.54, 1.807) is 24.3 Å². The number of rotatable bonds is 5. The fourth-order valence-electron chi connectivity index (χ4n) is 1.87. The Hall–Kier alpha value is -3.62. The van der Waals surface area contributed by atoms with E-state index in [0.717, 1.165) is 0 Å². The lowest BCUT2D eigenvalue weighted by Gasteiger charge is -2.13. The van der Waals surface area contributed by atoms with Crippen molar-refractivity contribution in [3.8, 4) is 0 Å². The summed E-state index contributed by atoms with van der Waals surface area (Å²) in [6, 6.07) is 9.19. The monoisotopic (exact) mass is 328 g/mol. The number of para-hydroxylation sites is 1. The third-order valence-electron chi connectivity index (χ3n) is 3.05. The fraction of sp³-hybridized carbons (Fsp3) is 0. The second-order valence-electron chi connectivity index (χ2n) is 4.65. The van der Waals surface area contributed by atoms with Crippen molar-refractivity contribution < 1.29 is 13.6 Å². The second-order valence-corrected chi connectivity index (χ2v) is 4.65. The molecule has 24 heavy (non-hydrogen) atoms. The molecule has 0 saturated carbocycles. The lowest BCUT2D eigenvalue weighted by molar-refractivity contribution is 0.0935. The largest absolute Gasteiger partial charge is 0.459 e. The highest BCUT2D eigenvalue weighted by molar-refractivity contribution is 5.92. The van der Waals surface area contributed by atoms with Gasteiger partial charge in [0.25, 0.3) is 0 Å². The van der Waals surface area contributed by atoms with Crippen LogP contribution < -0.4 is 21.9 Å². The zero-order valence-electron chi connectivity index (χ0n) is 12.3. The Morgan fingerprint density at radius 2 is 1.92 bits per heavy atom. The summed E-state index contributed by atoms with van der Waals surface area (Å²) >= 11 is 0. The van der Waals surface area contributed by atoms with Gasteiger partial charge in [-0.05, 0) is 24.3 Å². The number of anilines is 4. The molecule has 3 rings (SSSR count). The van der Waals surface area contributed by atoms with Gasteiger partial charge in [0.1, 0.15) is 17.8 Å². The van der Waals surface area contributed by atoms with Gasteiger partial charge in [0.2, 0.25) is 0 Å². The normalized spacial score (nSPS) is 10.2. The van der Waals surface area contributed by atoms with Crippen molar-refractivity contribution in [1.82, 2.24) is 15.4 Å². The molecule has 2 aromatic heterocycles. The maximum Gasteiger partial charge on any atom is 0.305 e. The van der Waals surface area contributed by atoms with Crippen molar-refractivity contribution in [3.05, 3.63) is 60.6 Å². The maximum absolute atomic E-state index is 13.7. The van der Waals surface area contributed by atoms with Crippen LogP contribution in [0.15, 0.2) is 53.4 Å². The number of nitrogen functional groups attached to an aromatic ring is 1. The SMILES string of the molecule is Nc1c(NNC(=O)c2ccco2)ncnc1Nc1ccccc1F. The van der Waals surface area contributed by atoms with Crippen LogP contribution in [0, 0.1) is 5.82 Å². The van der Waals surface area contributed by atoms with Crippen LogP contribution in [0.25, 0.3) is 0 Å². The lowest BCUT2D eigenvalue weighted by Crippen LogP contribution is -2.30. The van der Waals surface area contributed by atoms with E-state index >= 15 is 0 Å². The zero-order chi connectivity index (χ0) is 16.9. The van der Waals surface area contributed by atoms with Gasteiger partial charge in [0.05, 0.1) is 12.0 Å². The first-order valence-corrected chi connectivity index (χ1v) is 6.87. The molecule has 0 aliphatic rings. The Bertz CT molecular complexity index is 853. The number of hydrogen-bond donors (Lipinski definition) is 4. The fourth-order valence-corrected chi connectivity index (χ4v) is 1.87. The second kappa shape index (κ2) is 6.65. The average molecular weight is 328 g/mol. The summed E-state index contributed by atoms with van der Waals surface area (Å²) in [6.45, 7) is 0. The number of carbonyl (C=O) groups excluding carboxylic acids is 1. The van der Waals surface area contributed by atoms with Gasteiger partial charge >= 0.3 is 5.91 Å². The molecule has 0 bridgehead atoms. The summed E-state index contributed by atoms with van der Waals surface area (Å²) in [6.07, 6.45) is 2.60. The molecule has 122 valence electrons. The molecule has 3 aromatic rings. The number of aromatic nitrogens is 2. The Labute approximate surface area is 135 Å². The first-order valence-electron chi connectivity index (χ1n) is 6.87. The highest BCUT2D eigenvalue weighted by atomic mass is 19.1. The summed E-state index contributed by atoms with van der Waals surface area (Å²) < 4.78 is 18.6. The predicted octanol–water partition coefficient (Wildman–Crippen LogP) is 2.29. The van der Waals surface area contributed by atoms with E-state index in [0.29, 0.717) is 0 Å². The number of nitrogens with two attached hydrogens (primary N) is 1. The van der Waals surface area contributed by atoms with Crippen molar-refractivity contribution in [1.29, 1.82) is 0 Å².